The third-order valence-corrected chi connectivity index (χ3v) is 8.14. The number of hydrogen-bond donors (Lipinski definition) is 1. The van der Waals surface area contributed by atoms with E-state index in [1.807, 2.05) is 73.1 Å². The number of hydrogen-bond acceptors (Lipinski definition) is 4. The second-order valence-electron chi connectivity index (χ2n) is 10.8. The highest BCUT2D eigenvalue weighted by atomic mass is 16.2. The summed E-state index contributed by atoms with van der Waals surface area (Å²) in [6, 6.07) is 21.5. The van der Waals surface area contributed by atoms with Crippen LogP contribution in [0.2, 0.25) is 0 Å². The van der Waals surface area contributed by atoms with Crippen LogP contribution in [0.25, 0.3) is 5.69 Å². The molecule has 1 N–H and O–H groups in total. The maximum Gasteiger partial charge on any atom is 0.224 e. The molecule has 4 aromatic rings. The van der Waals surface area contributed by atoms with Crippen molar-refractivity contribution in [2.24, 2.45) is 5.92 Å². The summed E-state index contributed by atoms with van der Waals surface area (Å²) in [7, 11) is 0. The highest BCUT2D eigenvalue weighted by molar-refractivity contribution is 6.27. The SMILES string of the molecule is CC1=C(C(CCCc2ccccc2)CCC(=O)Nc2ccc(-n3ccnc3)cc2)C(=O)c2ccc(C)c(C)c2C1=O. The predicted octanol–water partition coefficient (Wildman–Crippen LogP) is 7.24. The summed E-state index contributed by atoms with van der Waals surface area (Å²) in [5.74, 6) is -0.473. The molecular weight excluding hydrogens is 510 g/mol. The van der Waals surface area contributed by atoms with Gasteiger partial charge in [0.15, 0.2) is 11.6 Å². The van der Waals surface area contributed by atoms with Gasteiger partial charge in [-0.2, -0.15) is 0 Å². The first-order chi connectivity index (χ1) is 19.8. The number of anilines is 1. The van der Waals surface area contributed by atoms with Crippen LogP contribution in [-0.2, 0) is 11.2 Å². The molecule has 6 heteroatoms. The Bertz CT molecular complexity index is 1600. The van der Waals surface area contributed by atoms with E-state index < -0.39 is 0 Å². The molecule has 208 valence electrons. The van der Waals surface area contributed by atoms with Crippen LogP contribution in [0.1, 0.15) is 70.0 Å². The van der Waals surface area contributed by atoms with E-state index >= 15 is 0 Å². The summed E-state index contributed by atoms with van der Waals surface area (Å²) in [6.45, 7) is 5.63. The van der Waals surface area contributed by atoms with Gasteiger partial charge < -0.3 is 9.88 Å². The van der Waals surface area contributed by atoms with Crippen molar-refractivity contribution in [2.75, 3.05) is 5.32 Å². The van der Waals surface area contributed by atoms with Crippen LogP contribution in [0.5, 0.6) is 0 Å². The van der Waals surface area contributed by atoms with Crippen molar-refractivity contribution in [3.8, 4) is 5.69 Å². The number of aromatic nitrogens is 2. The lowest BCUT2D eigenvalue weighted by Crippen LogP contribution is -2.27. The first-order valence-electron chi connectivity index (χ1n) is 14.2. The second kappa shape index (κ2) is 12.3. The number of benzene rings is 3. The van der Waals surface area contributed by atoms with E-state index in [9.17, 15) is 14.4 Å². The molecule has 0 spiro atoms. The molecule has 0 aliphatic heterocycles. The molecule has 0 saturated carbocycles. The summed E-state index contributed by atoms with van der Waals surface area (Å²) in [6.07, 6.45) is 8.47. The number of nitrogens with one attached hydrogen (secondary N) is 1. The highest BCUT2D eigenvalue weighted by Gasteiger charge is 2.35. The van der Waals surface area contributed by atoms with E-state index in [1.165, 1.54) is 5.56 Å². The number of carbonyl (C=O) groups is 3. The van der Waals surface area contributed by atoms with Gasteiger partial charge in [0.25, 0.3) is 0 Å². The van der Waals surface area contributed by atoms with Gasteiger partial charge in [-0.25, -0.2) is 4.98 Å². The van der Waals surface area contributed by atoms with E-state index in [-0.39, 0.29) is 29.8 Å². The quantitative estimate of drug-likeness (QED) is 0.228. The van der Waals surface area contributed by atoms with E-state index in [1.54, 1.807) is 25.5 Å². The third-order valence-electron chi connectivity index (χ3n) is 8.14. The van der Waals surface area contributed by atoms with Gasteiger partial charge in [0.1, 0.15) is 0 Å². The number of Topliss-reactive ketones (excluding diaryl/α,β-unsaturated/α-hetero) is 2. The average Bonchev–Trinajstić information content (AvgIpc) is 3.52. The molecule has 1 amide bonds. The maximum absolute atomic E-state index is 13.9. The molecule has 1 atom stereocenters. The number of rotatable bonds is 10. The third kappa shape index (κ3) is 6.12. The number of nitrogens with zero attached hydrogens (tertiary/aromatic N) is 2. The zero-order valence-electron chi connectivity index (χ0n) is 23.8. The fraction of sp³-hybridized carbons (Fsp3) is 0.257. The van der Waals surface area contributed by atoms with E-state index in [0.717, 1.165) is 29.7 Å². The Labute approximate surface area is 241 Å². The minimum Gasteiger partial charge on any atom is -0.326 e. The van der Waals surface area contributed by atoms with Crippen molar-refractivity contribution in [3.05, 3.63) is 124 Å². The van der Waals surface area contributed by atoms with Crippen LogP contribution >= 0.6 is 0 Å². The second-order valence-corrected chi connectivity index (χ2v) is 10.8. The van der Waals surface area contributed by atoms with E-state index in [4.69, 9.17) is 0 Å². The fourth-order valence-electron chi connectivity index (χ4n) is 5.70. The Kier molecular flexibility index (Phi) is 8.39. The Morgan fingerprint density at radius 1 is 0.902 bits per heavy atom. The molecule has 1 unspecified atom stereocenters. The van der Waals surface area contributed by atoms with Gasteiger partial charge in [0, 0.05) is 52.5 Å². The Hall–Kier alpha value is -4.58. The molecule has 6 nitrogen and oxygen atoms in total. The number of ketones is 2. The summed E-state index contributed by atoms with van der Waals surface area (Å²) in [4.78, 5) is 44.5. The van der Waals surface area contributed by atoms with Gasteiger partial charge in [-0.05, 0) is 93.3 Å². The van der Waals surface area contributed by atoms with Crippen LogP contribution in [0.3, 0.4) is 0 Å². The lowest BCUT2D eigenvalue weighted by Gasteiger charge is -2.27. The highest BCUT2D eigenvalue weighted by Crippen LogP contribution is 2.36. The molecule has 1 aromatic heterocycles. The Morgan fingerprint density at radius 2 is 1.66 bits per heavy atom. The van der Waals surface area contributed by atoms with Crippen LogP contribution in [0.4, 0.5) is 5.69 Å². The largest absolute Gasteiger partial charge is 0.326 e. The molecule has 1 aliphatic carbocycles. The van der Waals surface area contributed by atoms with Gasteiger partial charge in [-0.3, -0.25) is 14.4 Å². The lowest BCUT2D eigenvalue weighted by molar-refractivity contribution is -0.116. The molecule has 0 saturated heterocycles. The van der Waals surface area contributed by atoms with Crippen molar-refractivity contribution in [3.63, 3.8) is 0 Å². The molecule has 0 fully saturated rings. The molecule has 0 bridgehead atoms. The zero-order chi connectivity index (χ0) is 28.9. The van der Waals surface area contributed by atoms with E-state index in [0.29, 0.717) is 40.8 Å². The summed E-state index contributed by atoms with van der Waals surface area (Å²) in [5.41, 5.74) is 6.83. The maximum atomic E-state index is 13.9. The number of fused-ring (bicyclic) bond motifs is 1. The number of allylic oxidation sites excluding steroid dienone is 2. The van der Waals surface area contributed by atoms with Gasteiger partial charge in [0.05, 0.1) is 6.33 Å². The Balaban J connectivity index is 1.33. The predicted molar refractivity (Wildman–Crippen MR) is 162 cm³/mol. The van der Waals surface area contributed by atoms with Crippen molar-refractivity contribution >= 4 is 23.2 Å². The molecule has 0 radical (unpaired) electrons. The average molecular weight is 546 g/mol. The van der Waals surface area contributed by atoms with E-state index in [2.05, 4.69) is 22.4 Å². The van der Waals surface area contributed by atoms with Crippen molar-refractivity contribution < 1.29 is 14.4 Å². The van der Waals surface area contributed by atoms with Gasteiger partial charge >= 0.3 is 0 Å². The smallest absolute Gasteiger partial charge is 0.224 e. The van der Waals surface area contributed by atoms with Crippen LogP contribution in [0.15, 0.2) is 96.6 Å². The molecule has 1 heterocycles. The number of carbonyl (C=O) groups excluding carboxylic acids is 3. The minimum absolute atomic E-state index is 0.0775. The van der Waals surface area contributed by atoms with Gasteiger partial charge in [-0.15, -0.1) is 0 Å². The fourth-order valence-corrected chi connectivity index (χ4v) is 5.70. The van der Waals surface area contributed by atoms with Gasteiger partial charge in [-0.1, -0.05) is 42.5 Å². The van der Waals surface area contributed by atoms with Crippen molar-refractivity contribution in [1.82, 2.24) is 9.55 Å². The van der Waals surface area contributed by atoms with Gasteiger partial charge in [0.2, 0.25) is 5.91 Å². The number of aryl methyl sites for hydroxylation is 2. The van der Waals surface area contributed by atoms with Crippen molar-refractivity contribution in [1.29, 1.82) is 0 Å². The van der Waals surface area contributed by atoms with Crippen LogP contribution < -0.4 is 5.32 Å². The topological polar surface area (TPSA) is 81.1 Å². The molecule has 1 aliphatic rings. The van der Waals surface area contributed by atoms with Crippen LogP contribution in [-0.4, -0.2) is 27.0 Å². The Morgan fingerprint density at radius 3 is 2.37 bits per heavy atom. The molecular formula is C35H35N3O3. The molecule has 5 rings (SSSR count). The summed E-state index contributed by atoms with van der Waals surface area (Å²) >= 11 is 0. The first kappa shape index (κ1) is 28.0. The standard InChI is InChI=1S/C35H35N3O3/c1-23-12-18-30-33(24(23)2)34(40)25(3)32(35(30)41)27(11-7-10-26-8-5-4-6-9-26)13-19-31(39)37-28-14-16-29(17-15-28)38-21-20-36-22-38/h4-6,8-9,12,14-18,20-22,27H,7,10-11,13,19H2,1-3H3,(H,37,39). The number of amides is 1. The zero-order valence-corrected chi connectivity index (χ0v) is 23.8. The lowest BCUT2D eigenvalue weighted by atomic mass is 9.74. The molecule has 41 heavy (non-hydrogen) atoms. The van der Waals surface area contributed by atoms with Crippen LogP contribution in [0, 0.1) is 19.8 Å². The minimum atomic E-state index is -0.195. The van der Waals surface area contributed by atoms with Crippen molar-refractivity contribution in [2.45, 2.75) is 52.9 Å². The molecule has 3 aromatic carbocycles. The summed E-state index contributed by atoms with van der Waals surface area (Å²) in [5, 5.41) is 2.98. The first-order valence-corrected chi connectivity index (χ1v) is 14.2. The normalized spacial score (nSPS) is 13.7. The monoisotopic (exact) mass is 545 g/mol. The number of imidazole rings is 1. The summed E-state index contributed by atoms with van der Waals surface area (Å²) < 4.78 is 1.89.